The van der Waals surface area contributed by atoms with Crippen LogP contribution in [-0.4, -0.2) is 16.9 Å². The molecule has 1 fully saturated rings. The molecule has 1 aliphatic heterocycles. The maximum atomic E-state index is 13.0. The van der Waals surface area contributed by atoms with E-state index in [1.165, 1.54) is 34.1 Å². The lowest BCUT2D eigenvalue weighted by Gasteiger charge is -2.17. The van der Waals surface area contributed by atoms with Crippen molar-refractivity contribution in [2.75, 3.05) is 9.80 Å². The molecular formula is C16H12FN3OS. The van der Waals surface area contributed by atoms with Crippen LogP contribution in [0.3, 0.4) is 0 Å². The summed E-state index contributed by atoms with van der Waals surface area (Å²) in [5.74, 6) is -0.493. The van der Waals surface area contributed by atoms with E-state index < -0.39 is 11.8 Å². The van der Waals surface area contributed by atoms with Crippen LogP contribution in [0, 0.1) is 18.2 Å². The summed E-state index contributed by atoms with van der Waals surface area (Å²) < 4.78 is 13.0. The molecule has 0 atom stereocenters. The zero-order chi connectivity index (χ0) is 15.9. The molecule has 3 rings (SSSR count). The molecule has 0 unspecified atom stereocenters. The predicted octanol–water partition coefficient (Wildman–Crippen LogP) is 3.89. The Morgan fingerprint density at radius 2 is 1.45 bits per heavy atom. The topological polar surface area (TPSA) is 47.4 Å². The highest BCUT2D eigenvalue weighted by atomic mass is 32.1. The van der Waals surface area contributed by atoms with E-state index in [9.17, 15) is 9.18 Å². The number of thiocarbonyl (C=S) groups is 1. The fraction of sp³-hybridized carbons (Fsp3) is 0.0625. The van der Waals surface area contributed by atoms with Crippen LogP contribution < -0.4 is 9.80 Å². The number of urea groups is 1. The summed E-state index contributed by atoms with van der Waals surface area (Å²) in [4.78, 5) is 15.2. The van der Waals surface area contributed by atoms with E-state index in [2.05, 4.69) is 0 Å². The number of carbonyl (C=O) groups excluding carboxylic acids is 1. The summed E-state index contributed by atoms with van der Waals surface area (Å²) >= 11 is 5.22. The Bertz CT molecular complexity index is 705. The van der Waals surface area contributed by atoms with Gasteiger partial charge >= 0.3 is 6.03 Å². The van der Waals surface area contributed by atoms with Gasteiger partial charge in [0, 0.05) is 0 Å². The molecule has 2 amide bonds. The lowest BCUT2D eigenvalue weighted by atomic mass is 10.2. The van der Waals surface area contributed by atoms with E-state index in [1.807, 2.05) is 19.1 Å². The number of aryl methyl sites for hydroxylation is 1. The maximum absolute atomic E-state index is 13.0. The number of carbonyl (C=O) groups is 1. The third-order valence-corrected chi connectivity index (χ3v) is 3.76. The highest BCUT2D eigenvalue weighted by Crippen LogP contribution is 2.28. The molecule has 110 valence electrons. The van der Waals surface area contributed by atoms with Gasteiger partial charge in [-0.15, -0.1) is 0 Å². The molecule has 4 nitrogen and oxygen atoms in total. The standard InChI is InChI=1S/C16H12FN3OS/c1-10-2-6-13(7-3-10)20-15(22)14(18)19(16(20)21)12-8-4-11(17)5-9-12/h2-9,18H,1H3. The second kappa shape index (κ2) is 5.31. The monoisotopic (exact) mass is 313 g/mol. The second-order valence-electron chi connectivity index (χ2n) is 4.92. The van der Waals surface area contributed by atoms with E-state index in [4.69, 9.17) is 17.6 Å². The van der Waals surface area contributed by atoms with Crippen LogP contribution in [0.25, 0.3) is 0 Å². The number of nitrogens with zero attached hydrogens (tertiary/aromatic N) is 2. The van der Waals surface area contributed by atoms with Gasteiger partial charge in [0.2, 0.25) is 0 Å². The molecule has 2 aromatic carbocycles. The smallest absolute Gasteiger partial charge is 0.281 e. The molecule has 22 heavy (non-hydrogen) atoms. The van der Waals surface area contributed by atoms with Gasteiger partial charge in [-0.2, -0.15) is 0 Å². The van der Waals surface area contributed by atoms with Crippen molar-refractivity contribution in [3.8, 4) is 0 Å². The molecule has 0 saturated carbocycles. The highest BCUT2D eigenvalue weighted by Gasteiger charge is 2.40. The number of hydrogen-bond donors (Lipinski definition) is 1. The number of benzene rings is 2. The molecule has 0 bridgehead atoms. The number of halogens is 1. The Balaban J connectivity index is 2.00. The third kappa shape index (κ3) is 2.27. The van der Waals surface area contributed by atoms with Crippen LogP contribution in [0.15, 0.2) is 48.5 Å². The summed E-state index contributed by atoms with van der Waals surface area (Å²) in [5.41, 5.74) is 2.08. The lowest BCUT2D eigenvalue weighted by Crippen LogP contribution is -2.33. The fourth-order valence-corrected chi connectivity index (χ4v) is 2.51. The van der Waals surface area contributed by atoms with E-state index in [0.717, 1.165) is 5.56 Å². The van der Waals surface area contributed by atoms with Crippen molar-refractivity contribution in [3.63, 3.8) is 0 Å². The van der Waals surface area contributed by atoms with Crippen LogP contribution in [-0.2, 0) is 0 Å². The van der Waals surface area contributed by atoms with Gasteiger partial charge in [0.05, 0.1) is 11.4 Å². The molecule has 1 heterocycles. The molecule has 0 spiro atoms. The van der Waals surface area contributed by atoms with Gasteiger partial charge in [-0.25, -0.2) is 19.0 Å². The van der Waals surface area contributed by atoms with Crippen LogP contribution in [0.5, 0.6) is 0 Å². The van der Waals surface area contributed by atoms with E-state index in [0.29, 0.717) is 11.4 Å². The van der Waals surface area contributed by atoms with Crippen molar-refractivity contribution in [3.05, 3.63) is 59.9 Å². The van der Waals surface area contributed by atoms with E-state index in [1.54, 1.807) is 12.1 Å². The number of nitrogens with one attached hydrogen (secondary N) is 1. The number of rotatable bonds is 2. The normalized spacial score (nSPS) is 14.9. The summed E-state index contributed by atoms with van der Waals surface area (Å²) in [7, 11) is 0. The quantitative estimate of drug-likeness (QED) is 0.855. The zero-order valence-corrected chi connectivity index (χ0v) is 12.5. The van der Waals surface area contributed by atoms with Gasteiger partial charge < -0.3 is 0 Å². The minimum atomic E-state index is -0.439. The average Bonchev–Trinajstić information content (AvgIpc) is 2.72. The molecule has 1 aliphatic rings. The number of amides is 2. The van der Waals surface area contributed by atoms with Crippen molar-refractivity contribution >= 4 is 40.4 Å². The minimum absolute atomic E-state index is 0.0906. The Morgan fingerprint density at radius 3 is 2.05 bits per heavy atom. The van der Waals surface area contributed by atoms with Gasteiger partial charge in [0.1, 0.15) is 5.82 Å². The van der Waals surface area contributed by atoms with Gasteiger partial charge in [-0.05, 0) is 43.3 Å². The number of amidine groups is 1. The van der Waals surface area contributed by atoms with Crippen molar-refractivity contribution in [2.45, 2.75) is 6.92 Å². The lowest BCUT2D eigenvalue weighted by molar-refractivity contribution is 0.257. The van der Waals surface area contributed by atoms with Crippen LogP contribution in [0.2, 0.25) is 0 Å². The van der Waals surface area contributed by atoms with Crippen LogP contribution in [0.4, 0.5) is 20.6 Å². The van der Waals surface area contributed by atoms with Crippen molar-refractivity contribution in [1.82, 2.24) is 0 Å². The van der Waals surface area contributed by atoms with E-state index >= 15 is 0 Å². The maximum Gasteiger partial charge on any atom is 0.340 e. The SMILES string of the molecule is Cc1ccc(N2C(=O)N(c3ccc(F)cc3)C(=N)C2=S)cc1. The molecule has 2 aromatic rings. The summed E-state index contributed by atoms with van der Waals surface area (Å²) in [6, 6.07) is 12.2. The number of anilines is 2. The summed E-state index contributed by atoms with van der Waals surface area (Å²) in [6.45, 7) is 1.95. The molecule has 0 aromatic heterocycles. The van der Waals surface area contributed by atoms with Gasteiger partial charge in [0.15, 0.2) is 10.8 Å². The first-order valence-corrected chi connectivity index (χ1v) is 6.99. The molecule has 0 aliphatic carbocycles. The summed E-state index contributed by atoms with van der Waals surface area (Å²) in [5, 5.41) is 8.08. The minimum Gasteiger partial charge on any atom is -0.281 e. The Labute approximate surface area is 132 Å². The van der Waals surface area contributed by atoms with Gasteiger partial charge in [0.25, 0.3) is 0 Å². The average molecular weight is 313 g/mol. The predicted molar refractivity (Wildman–Crippen MR) is 88.3 cm³/mol. The van der Waals surface area contributed by atoms with Crippen molar-refractivity contribution in [2.24, 2.45) is 0 Å². The Hall–Kier alpha value is -2.60. The van der Waals surface area contributed by atoms with Gasteiger partial charge in [-0.1, -0.05) is 29.9 Å². The first-order valence-electron chi connectivity index (χ1n) is 6.58. The Kier molecular flexibility index (Phi) is 3.46. The first-order chi connectivity index (χ1) is 10.5. The second-order valence-corrected chi connectivity index (χ2v) is 5.31. The molecule has 1 N–H and O–H groups in total. The first kappa shape index (κ1) is 14.3. The largest absolute Gasteiger partial charge is 0.340 e. The zero-order valence-electron chi connectivity index (χ0n) is 11.7. The van der Waals surface area contributed by atoms with Crippen LogP contribution in [0.1, 0.15) is 5.56 Å². The van der Waals surface area contributed by atoms with Crippen molar-refractivity contribution < 1.29 is 9.18 Å². The molecule has 0 radical (unpaired) electrons. The fourth-order valence-electron chi connectivity index (χ4n) is 2.24. The van der Waals surface area contributed by atoms with Crippen molar-refractivity contribution in [1.29, 1.82) is 5.41 Å². The third-order valence-electron chi connectivity index (χ3n) is 3.39. The van der Waals surface area contributed by atoms with Crippen LogP contribution >= 0.6 is 12.2 Å². The highest BCUT2D eigenvalue weighted by molar-refractivity contribution is 7.82. The number of hydrogen-bond acceptors (Lipinski definition) is 3. The Morgan fingerprint density at radius 1 is 0.955 bits per heavy atom. The van der Waals surface area contributed by atoms with E-state index in [-0.39, 0.29) is 10.8 Å². The molecular weight excluding hydrogens is 301 g/mol. The molecule has 6 heteroatoms. The van der Waals surface area contributed by atoms with Gasteiger partial charge in [-0.3, -0.25) is 5.41 Å². The molecule has 1 saturated heterocycles. The summed E-state index contributed by atoms with van der Waals surface area (Å²) in [6.07, 6.45) is 0.